The average molecular weight is 366 g/mol. The van der Waals surface area contributed by atoms with Gasteiger partial charge in [-0.3, -0.25) is 19.3 Å². The summed E-state index contributed by atoms with van der Waals surface area (Å²) >= 11 is 5.87. The van der Waals surface area contributed by atoms with Gasteiger partial charge in [-0.2, -0.15) is 0 Å². The minimum atomic E-state index is -0.549. The normalized spacial score (nSPS) is 14.8. The molecule has 25 heavy (non-hydrogen) atoms. The maximum atomic E-state index is 12.6. The fourth-order valence-electron chi connectivity index (χ4n) is 2.63. The van der Waals surface area contributed by atoms with Crippen molar-refractivity contribution in [2.45, 2.75) is 27.7 Å². The molecule has 0 unspecified atom stereocenters. The van der Waals surface area contributed by atoms with E-state index in [4.69, 9.17) is 11.6 Å². The summed E-state index contributed by atoms with van der Waals surface area (Å²) in [5.74, 6) is -0.464. The molecule has 1 saturated heterocycles. The molecule has 0 aliphatic carbocycles. The van der Waals surface area contributed by atoms with Gasteiger partial charge in [-0.1, -0.05) is 32.4 Å². The molecule has 0 bridgehead atoms. The Bertz CT molecular complexity index is 667. The van der Waals surface area contributed by atoms with Crippen molar-refractivity contribution < 1.29 is 14.4 Å². The van der Waals surface area contributed by atoms with Gasteiger partial charge in [0.05, 0.1) is 6.54 Å². The fraction of sp³-hybridized carbons (Fsp3) is 0.500. The molecule has 0 atom stereocenters. The van der Waals surface area contributed by atoms with Crippen LogP contribution in [0.25, 0.3) is 0 Å². The lowest BCUT2D eigenvalue weighted by atomic mass is 9.94. The minimum absolute atomic E-state index is 0.0166. The molecule has 1 fully saturated rings. The summed E-state index contributed by atoms with van der Waals surface area (Å²) < 4.78 is 0. The quantitative estimate of drug-likeness (QED) is 0.823. The average Bonchev–Trinajstić information content (AvgIpc) is 2.93. The van der Waals surface area contributed by atoms with Crippen LogP contribution in [0.4, 0.5) is 5.69 Å². The number of hydrogen-bond acceptors (Lipinski definition) is 3. The monoisotopic (exact) mass is 365 g/mol. The largest absolute Gasteiger partial charge is 0.333 e. The Morgan fingerprint density at radius 1 is 1.20 bits per heavy atom. The first-order chi connectivity index (χ1) is 11.6. The van der Waals surface area contributed by atoms with E-state index < -0.39 is 5.41 Å². The van der Waals surface area contributed by atoms with Gasteiger partial charge in [-0.15, -0.1) is 0 Å². The second kappa shape index (κ2) is 7.44. The smallest absolute Gasteiger partial charge is 0.248 e. The van der Waals surface area contributed by atoms with Crippen LogP contribution >= 0.6 is 11.6 Å². The van der Waals surface area contributed by atoms with Gasteiger partial charge in [0.15, 0.2) is 0 Å². The van der Waals surface area contributed by atoms with Gasteiger partial charge in [0.25, 0.3) is 0 Å². The van der Waals surface area contributed by atoms with E-state index in [1.807, 2.05) is 27.7 Å². The third-order valence-electron chi connectivity index (χ3n) is 4.07. The number of amides is 3. The van der Waals surface area contributed by atoms with E-state index in [9.17, 15) is 14.4 Å². The first kappa shape index (κ1) is 19.2. The van der Waals surface area contributed by atoms with Crippen LogP contribution in [-0.4, -0.2) is 53.8 Å². The van der Waals surface area contributed by atoms with E-state index in [1.165, 1.54) is 14.7 Å². The number of anilines is 1. The molecule has 3 amide bonds. The maximum Gasteiger partial charge on any atom is 0.248 e. The van der Waals surface area contributed by atoms with E-state index in [1.54, 1.807) is 24.3 Å². The van der Waals surface area contributed by atoms with Crippen LogP contribution in [0.2, 0.25) is 5.02 Å². The van der Waals surface area contributed by atoms with Crippen LogP contribution in [0.15, 0.2) is 24.3 Å². The Kier molecular flexibility index (Phi) is 5.72. The van der Waals surface area contributed by atoms with Crippen molar-refractivity contribution >= 4 is 35.0 Å². The molecule has 1 aliphatic rings. The molecule has 6 nitrogen and oxygen atoms in total. The second-order valence-electron chi connectivity index (χ2n) is 7.10. The number of carbonyl (C=O) groups is 3. The van der Waals surface area contributed by atoms with E-state index in [0.29, 0.717) is 17.3 Å². The lowest BCUT2D eigenvalue weighted by Crippen LogP contribution is -2.46. The maximum absolute atomic E-state index is 12.6. The van der Waals surface area contributed by atoms with E-state index in [0.717, 1.165) is 0 Å². The van der Waals surface area contributed by atoms with Crippen LogP contribution in [0.5, 0.6) is 0 Å². The van der Waals surface area contributed by atoms with Gasteiger partial charge >= 0.3 is 0 Å². The third-order valence-corrected chi connectivity index (χ3v) is 4.32. The second-order valence-corrected chi connectivity index (χ2v) is 7.54. The summed E-state index contributed by atoms with van der Waals surface area (Å²) in [6.45, 7) is 7.94. The predicted octanol–water partition coefficient (Wildman–Crippen LogP) is 2.37. The van der Waals surface area contributed by atoms with Gasteiger partial charge in [0.2, 0.25) is 17.7 Å². The zero-order valence-electron chi connectivity index (χ0n) is 15.1. The Hall–Kier alpha value is -2.08. The summed E-state index contributed by atoms with van der Waals surface area (Å²) in [4.78, 5) is 41.7. The molecule has 1 aromatic carbocycles. The van der Waals surface area contributed by atoms with Gasteiger partial charge in [-0.05, 0) is 31.2 Å². The third kappa shape index (κ3) is 4.51. The molecular weight excluding hydrogens is 342 g/mol. The van der Waals surface area contributed by atoms with Gasteiger partial charge in [0, 0.05) is 22.7 Å². The molecule has 0 N–H and O–H groups in total. The number of rotatable bonds is 4. The topological polar surface area (TPSA) is 60.9 Å². The van der Waals surface area contributed by atoms with E-state index >= 15 is 0 Å². The molecule has 0 spiro atoms. The summed E-state index contributed by atoms with van der Waals surface area (Å²) in [7, 11) is 0. The summed E-state index contributed by atoms with van der Waals surface area (Å²) in [5.41, 5.74) is 0.148. The fourth-order valence-corrected chi connectivity index (χ4v) is 2.75. The highest BCUT2D eigenvalue weighted by molar-refractivity contribution is 6.30. The molecule has 0 radical (unpaired) electrons. The number of benzene rings is 1. The molecule has 1 heterocycles. The van der Waals surface area contributed by atoms with Crippen LogP contribution in [0.1, 0.15) is 27.7 Å². The Labute approximate surface area is 153 Å². The van der Waals surface area contributed by atoms with E-state index in [-0.39, 0.29) is 37.5 Å². The van der Waals surface area contributed by atoms with Crippen LogP contribution in [-0.2, 0) is 14.4 Å². The summed E-state index contributed by atoms with van der Waals surface area (Å²) in [5, 5.41) is 0.586. The Morgan fingerprint density at radius 2 is 1.80 bits per heavy atom. The first-order valence-electron chi connectivity index (χ1n) is 8.26. The predicted molar refractivity (Wildman–Crippen MR) is 97.2 cm³/mol. The standard InChI is InChI=1S/C18H24ClN3O3/c1-5-20(17(25)18(2,3)4)10-15(23)21-11-16(24)22(12-21)14-8-6-13(19)7-9-14/h6-9H,5,10-12H2,1-4H3. The SMILES string of the molecule is CCN(CC(=O)N1CC(=O)N(c2ccc(Cl)cc2)C1)C(=O)C(C)(C)C. The van der Waals surface area contributed by atoms with Crippen molar-refractivity contribution in [2.24, 2.45) is 5.41 Å². The van der Waals surface area contributed by atoms with Crippen LogP contribution in [0, 0.1) is 5.41 Å². The van der Waals surface area contributed by atoms with Crippen molar-refractivity contribution in [3.63, 3.8) is 0 Å². The number of halogens is 1. The molecular formula is C18H24ClN3O3. The lowest BCUT2D eigenvalue weighted by Gasteiger charge is -2.29. The van der Waals surface area contributed by atoms with Crippen LogP contribution in [0.3, 0.4) is 0 Å². The molecule has 2 rings (SSSR count). The Morgan fingerprint density at radius 3 is 2.32 bits per heavy atom. The van der Waals surface area contributed by atoms with Crippen molar-refractivity contribution in [1.82, 2.24) is 9.80 Å². The van der Waals surface area contributed by atoms with E-state index in [2.05, 4.69) is 0 Å². The van der Waals surface area contributed by atoms with Gasteiger partial charge in [0.1, 0.15) is 13.2 Å². The van der Waals surface area contributed by atoms with Crippen LogP contribution < -0.4 is 4.90 Å². The van der Waals surface area contributed by atoms with Crippen molar-refractivity contribution in [1.29, 1.82) is 0 Å². The number of carbonyl (C=O) groups excluding carboxylic acids is 3. The highest BCUT2D eigenvalue weighted by Crippen LogP contribution is 2.22. The van der Waals surface area contributed by atoms with Gasteiger partial charge in [-0.25, -0.2) is 0 Å². The molecule has 136 valence electrons. The summed E-state index contributed by atoms with van der Waals surface area (Å²) in [6.07, 6.45) is 0. The molecule has 1 aromatic rings. The zero-order valence-corrected chi connectivity index (χ0v) is 15.8. The number of nitrogens with zero attached hydrogens (tertiary/aromatic N) is 3. The molecule has 7 heteroatoms. The summed E-state index contributed by atoms with van der Waals surface area (Å²) in [6, 6.07) is 6.90. The van der Waals surface area contributed by atoms with Gasteiger partial charge < -0.3 is 9.80 Å². The number of likely N-dealkylation sites (N-methyl/N-ethyl adjacent to an activating group) is 1. The van der Waals surface area contributed by atoms with Crippen molar-refractivity contribution in [3.05, 3.63) is 29.3 Å². The molecule has 0 saturated carbocycles. The number of hydrogen-bond donors (Lipinski definition) is 0. The Balaban J connectivity index is 2.04. The van der Waals surface area contributed by atoms with Crippen molar-refractivity contribution in [3.8, 4) is 0 Å². The zero-order chi connectivity index (χ0) is 18.8. The lowest BCUT2D eigenvalue weighted by molar-refractivity contribution is -0.145. The van der Waals surface area contributed by atoms with Crippen molar-refractivity contribution in [2.75, 3.05) is 31.2 Å². The minimum Gasteiger partial charge on any atom is -0.333 e. The first-order valence-corrected chi connectivity index (χ1v) is 8.64. The molecule has 1 aliphatic heterocycles. The molecule has 0 aromatic heterocycles. The highest BCUT2D eigenvalue weighted by Gasteiger charge is 2.34. The highest BCUT2D eigenvalue weighted by atomic mass is 35.5.